The van der Waals surface area contributed by atoms with E-state index in [1.807, 2.05) is 6.07 Å². The van der Waals surface area contributed by atoms with Crippen LogP contribution in [0.5, 0.6) is 0 Å². The minimum Gasteiger partial charge on any atom is -0.383 e. The number of hydrogen-bond donors (Lipinski definition) is 1. The van der Waals surface area contributed by atoms with Gasteiger partial charge in [-0.3, -0.25) is 0 Å². The van der Waals surface area contributed by atoms with Crippen LogP contribution in [0.2, 0.25) is 5.02 Å². The molecule has 0 spiro atoms. The average molecular weight is 311 g/mol. The maximum atomic E-state index is 6.44. The molecule has 0 radical (unpaired) electrons. The lowest BCUT2D eigenvalue weighted by atomic mass is 9.91. The Hall–Kier alpha value is -0.770. The zero-order chi connectivity index (χ0) is 15.2. The lowest BCUT2D eigenvalue weighted by Crippen LogP contribution is -2.39. The maximum Gasteiger partial charge on any atom is 0.0587 e. The van der Waals surface area contributed by atoms with Crippen LogP contribution in [0.15, 0.2) is 18.2 Å². The number of anilines is 1. The first-order valence-corrected chi connectivity index (χ1v) is 8.21. The Kier molecular flexibility index (Phi) is 6.34. The molecule has 0 bridgehead atoms. The summed E-state index contributed by atoms with van der Waals surface area (Å²) in [6.45, 7) is 9.27. The number of hydrogen-bond acceptors (Lipinski definition) is 3. The van der Waals surface area contributed by atoms with E-state index in [0.717, 1.165) is 49.6 Å². The van der Waals surface area contributed by atoms with Crippen LogP contribution >= 0.6 is 11.6 Å². The van der Waals surface area contributed by atoms with Gasteiger partial charge in [-0.2, -0.15) is 0 Å². The van der Waals surface area contributed by atoms with Gasteiger partial charge in [0.2, 0.25) is 0 Å². The molecule has 2 atom stereocenters. The van der Waals surface area contributed by atoms with Gasteiger partial charge in [-0.1, -0.05) is 31.5 Å². The second-order valence-electron chi connectivity index (χ2n) is 6.26. The molecule has 2 rings (SSSR count). The van der Waals surface area contributed by atoms with Crippen LogP contribution in [-0.4, -0.2) is 33.4 Å². The van der Waals surface area contributed by atoms with Crippen molar-refractivity contribution in [2.45, 2.75) is 26.8 Å². The van der Waals surface area contributed by atoms with E-state index in [4.69, 9.17) is 16.3 Å². The standard InChI is InChI=1S/C17H27ClN2O/c1-13-9-14(2)12-20(11-13)17-6-4-5-16(18)15(17)10-19-7-8-21-3/h4-6,13-14,19H,7-12H2,1-3H3. The lowest BCUT2D eigenvalue weighted by molar-refractivity contribution is 0.199. The summed E-state index contributed by atoms with van der Waals surface area (Å²) in [7, 11) is 1.72. The van der Waals surface area contributed by atoms with E-state index in [1.165, 1.54) is 17.7 Å². The van der Waals surface area contributed by atoms with E-state index in [0.29, 0.717) is 0 Å². The van der Waals surface area contributed by atoms with E-state index in [9.17, 15) is 0 Å². The Morgan fingerprint density at radius 1 is 1.29 bits per heavy atom. The van der Waals surface area contributed by atoms with Gasteiger partial charge in [-0.25, -0.2) is 0 Å². The molecule has 1 saturated heterocycles. The van der Waals surface area contributed by atoms with E-state index >= 15 is 0 Å². The summed E-state index contributed by atoms with van der Waals surface area (Å²) in [5.41, 5.74) is 2.49. The number of methoxy groups -OCH3 is 1. The Labute approximate surface area is 133 Å². The number of ether oxygens (including phenoxy) is 1. The molecular formula is C17H27ClN2O. The second-order valence-corrected chi connectivity index (χ2v) is 6.67. The molecule has 1 aliphatic heterocycles. The number of nitrogens with one attached hydrogen (secondary N) is 1. The zero-order valence-electron chi connectivity index (χ0n) is 13.4. The number of rotatable bonds is 6. The van der Waals surface area contributed by atoms with Crippen LogP contribution in [0.1, 0.15) is 25.8 Å². The molecule has 0 saturated carbocycles. The van der Waals surface area contributed by atoms with Gasteiger partial charge in [0.1, 0.15) is 0 Å². The molecule has 1 heterocycles. The Morgan fingerprint density at radius 2 is 2.00 bits per heavy atom. The highest BCUT2D eigenvalue weighted by molar-refractivity contribution is 6.31. The van der Waals surface area contributed by atoms with Crippen molar-refractivity contribution in [3.05, 3.63) is 28.8 Å². The first-order chi connectivity index (χ1) is 10.1. The van der Waals surface area contributed by atoms with Crippen LogP contribution in [0.3, 0.4) is 0 Å². The first kappa shape index (κ1) is 16.6. The van der Waals surface area contributed by atoms with Crippen LogP contribution in [0.25, 0.3) is 0 Å². The van der Waals surface area contributed by atoms with Crippen molar-refractivity contribution in [3.8, 4) is 0 Å². The Balaban J connectivity index is 2.12. The van der Waals surface area contributed by atoms with Crippen molar-refractivity contribution >= 4 is 17.3 Å². The van der Waals surface area contributed by atoms with Crippen LogP contribution < -0.4 is 10.2 Å². The molecule has 1 N–H and O–H groups in total. The number of nitrogens with zero attached hydrogens (tertiary/aromatic N) is 1. The SMILES string of the molecule is COCCNCc1c(Cl)cccc1N1CC(C)CC(C)C1. The molecule has 4 heteroatoms. The molecular weight excluding hydrogens is 284 g/mol. The third kappa shape index (κ3) is 4.60. The molecule has 1 aromatic rings. The van der Waals surface area contributed by atoms with Crippen LogP contribution in [0, 0.1) is 11.8 Å². The molecule has 118 valence electrons. The highest BCUT2D eigenvalue weighted by atomic mass is 35.5. The number of benzene rings is 1. The van der Waals surface area contributed by atoms with Gasteiger partial charge in [0.05, 0.1) is 6.61 Å². The first-order valence-electron chi connectivity index (χ1n) is 7.83. The third-order valence-electron chi connectivity index (χ3n) is 4.09. The molecule has 0 amide bonds. The van der Waals surface area contributed by atoms with Crippen molar-refractivity contribution in [2.75, 3.05) is 38.3 Å². The number of halogens is 1. The molecule has 21 heavy (non-hydrogen) atoms. The fraction of sp³-hybridized carbons (Fsp3) is 0.647. The van der Waals surface area contributed by atoms with Gasteiger partial charge >= 0.3 is 0 Å². The highest BCUT2D eigenvalue weighted by Gasteiger charge is 2.24. The fourth-order valence-electron chi connectivity index (χ4n) is 3.27. The normalized spacial score (nSPS) is 22.6. The summed E-state index contributed by atoms with van der Waals surface area (Å²) in [6, 6.07) is 6.24. The minimum absolute atomic E-state index is 0.720. The predicted octanol–water partition coefficient (Wildman–Crippen LogP) is 3.56. The van der Waals surface area contributed by atoms with E-state index < -0.39 is 0 Å². The summed E-state index contributed by atoms with van der Waals surface area (Å²) in [5, 5.41) is 4.26. The molecule has 1 fully saturated rings. The van der Waals surface area contributed by atoms with Crippen molar-refractivity contribution in [3.63, 3.8) is 0 Å². The van der Waals surface area contributed by atoms with Crippen molar-refractivity contribution in [1.82, 2.24) is 5.32 Å². The topological polar surface area (TPSA) is 24.5 Å². The summed E-state index contributed by atoms with van der Waals surface area (Å²) in [5.74, 6) is 1.48. The van der Waals surface area contributed by atoms with Crippen molar-refractivity contribution in [1.29, 1.82) is 0 Å². The summed E-state index contributed by atoms with van der Waals surface area (Å²) in [4.78, 5) is 2.50. The fourth-order valence-corrected chi connectivity index (χ4v) is 3.50. The van der Waals surface area contributed by atoms with Crippen molar-refractivity contribution < 1.29 is 4.74 Å². The molecule has 0 aromatic heterocycles. The molecule has 3 nitrogen and oxygen atoms in total. The van der Waals surface area contributed by atoms with Gasteiger partial charge in [0.25, 0.3) is 0 Å². The molecule has 2 unspecified atom stereocenters. The predicted molar refractivity (Wildman–Crippen MR) is 90.2 cm³/mol. The zero-order valence-corrected chi connectivity index (χ0v) is 14.1. The second kappa shape index (κ2) is 8.02. The van der Waals surface area contributed by atoms with Gasteiger partial charge in [0, 0.05) is 49.6 Å². The van der Waals surface area contributed by atoms with E-state index in [2.05, 4.69) is 36.2 Å². The molecule has 1 aromatic carbocycles. The van der Waals surface area contributed by atoms with Gasteiger partial charge in [-0.05, 0) is 30.4 Å². The quantitative estimate of drug-likeness (QED) is 0.813. The minimum atomic E-state index is 0.720. The van der Waals surface area contributed by atoms with E-state index in [-0.39, 0.29) is 0 Å². The monoisotopic (exact) mass is 310 g/mol. The molecule has 0 aliphatic carbocycles. The van der Waals surface area contributed by atoms with E-state index in [1.54, 1.807) is 7.11 Å². The summed E-state index contributed by atoms with van der Waals surface area (Å²) >= 11 is 6.44. The van der Waals surface area contributed by atoms with Gasteiger partial charge < -0.3 is 15.0 Å². The third-order valence-corrected chi connectivity index (χ3v) is 4.44. The summed E-state index contributed by atoms with van der Waals surface area (Å²) in [6.07, 6.45) is 1.32. The number of piperidine rings is 1. The Morgan fingerprint density at radius 3 is 2.67 bits per heavy atom. The maximum absolute atomic E-state index is 6.44. The van der Waals surface area contributed by atoms with Crippen molar-refractivity contribution in [2.24, 2.45) is 11.8 Å². The van der Waals surface area contributed by atoms with Crippen LogP contribution in [-0.2, 0) is 11.3 Å². The molecule has 1 aliphatic rings. The average Bonchev–Trinajstić information content (AvgIpc) is 2.43. The lowest BCUT2D eigenvalue weighted by Gasteiger charge is -2.38. The van der Waals surface area contributed by atoms with Gasteiger partial charge in [-0.15, -0.1) is 0 Å². The van der Waals surface area contributed by atoms with Gasteiger partial charge in [0.15, 0.2) is 0 Å². The Bertz CT molecular complexity index is 442. The van der Waals surface area contributed by atoms with Crippen LogP contribution in [0.4, 0.5) is 5.69 Å². The largest absolute Gasteiger partial charge is 0.383 e. The summed E-state index contributed by atoms with van der Waals surface area (Å²) < 4.78 is 5.08. The highest BCUT2D eigenvalue weighted by Crippen LogP contribution is 2.32. The smallest absolute Gasteiger partial charge is 0.0587 e.